The molecule has 12 aromatic rings. The number of hydrogen-bond acceptors (Lipinski definition) is 2. The van der Waals surface area contributed by atoms with Crippen molar-refractivity contribution in [3.63, 3.8) is 0 Å². The van der Waals surface area contributed by atoms with E-state index in [9.17, 15) is 0 Å². The lowest BCUT2D eigenvalue weighted by Gasteiger charge is -2.26. The molecule has 0 aliphatic carbocycles. The number of aryl methyl sites for hydroxylation is 1. The highest BCUT2D eigenvalue weighted by molar-refractivity contribution is 7.26. The Kier molecular flexibility index (Phi) is 8.33. The standard InChI is InChI=1S/C59H39NS/c1-38-34-49-13-5-7-16-54(49)57-55-18-9-19-56(59(55)61-58(38)57)60(51-32-28-42(29-33-51)53-17-8-14-41-11-4-6-15-52(41)53)50-30-26-40(27-31-50)44-22-23-47-37-48(25-24-46(47)36-44)45-21-20-39-10-2-3-12-43(39)35-45/h2-37H,1H3. The molecule has 12 rings (SSSR count). The van der Waals surface area contributed by atoms with E-state index in [1.165, 1.54) is 108 Å². The Morgan fingerprint density at radius 3 is 1.52 bits per heavy atom. The summed E-state index contributed by atoms with van der Waals surface area (Å²) in [7, 11) is 0. The lowest BCUT2D eigenvalue weighted by Crippen LogP contribution is -2.10. The average molecular weight is 794 g/mol. The van der Waals surface area contributed by atoms with E-state index in [-0.39, 0.29) is 0 Å². The maximum absolute atomic E-state index is 2.45. The molecule has 0 saturated heterocycles. The van der Waals surface area contributed by atoms with Crippen LogP contribution in [0.1, 0.15) is 5.56 Å². The molecule has 0 unspecified atom stereocenters. The van der Waals surface area contributed by atoms with Crippen LogP contribution in [0.3, 0.4) is 0 Å². The minimum absolute atomic E-state index is 1.12. The molecule has 1 heterocycles. The van der Waals surface area contributed by atoms with Crippen LogP contribution in [0.5, 0.6) is 0 Å². The van der Waals surface area contributed by atoms with Crippen molar-refractivity contribution in [1.82, 2.24) is 0 Å². The predicted molar refractivity (Wildman–Crippen MR) is 265 cm³/mol. The van der Waals surface area contributed by atoms with E-state index in [2.05, 4.69) is 230 Å². The van der Waals surface area contributed by atoms with E-state index in [1.807, 2.05) is 11.3 Å². The van der Waals surface area contributed by atoms with Crippen molar-refractivity contribution < 1.29 is 0 Å². The van der Waals surface area contributed by atoms with Crippen molar-refractivity contribution >= 4 is 91.7 Å². The van der Waals surface area contributed by atoms with Gasteiger partial charge in [-0.2, -0.15) is 0 Å². The zero-order chi connectivity index (χ0) is 40.4. The number of nitrogens with zero attached hydrogens (tertiary/aromatic N) is 1. The van der Waals surface area contributed by atoms with Gasteiger partial charge in [0.05, 0.1) is 10.4 Å². The van der Waals surface area contributed by atoms with Gasteiger partial charge in [-0.1, -0.05) is 164 Å². The molecule has 0 amide bonds. The van der Waals surface area contributed by atoms with Crippen LogP contribution in [0.15, 0.2) is 218 Å². The monoisotopic (exact) mass is 793 g/mol. The van der Waals surface area contributed by atoms with Gasteiger partial charge in [0.25, 0.3) is 0 Å². The van der Waals surface area contributed by atoms with Gasteiger partial charge in [-0.05, 0) is 144 Å². The van der Waals surface area contributed by atoms with Gasteiger partial charge in [0, 0.05) is 26.8 Å². The molecular weight excluding hydrogens is 755 g/mol. The van der Waals surface area contributed by atoms with Gasteiger partial charge in [0.1, 0.15) is 0 Å². The van der Waals surface area contributed by atoms with Crippen molar-refractivity contribution in [3.8, 4) is 33.4 Å². The predicted octanol–water partition coefficient (Wildman–Crippen LogP) is 17.4. The molecular formula is C59H39NS. The van der Waals surface area contributed by atoms with Crippen LogP contribution in [0.25, 0.3) is 96.6 Å². The second-order valence-electron chi connectivity index (χ2n) is 16.2. The highest BCUT2D eigenvalue weighted by atomic mass is 32.1. The van der Waals surface area contributed by atoms with Crippen molar-refractivity contribution in [3.05, 3.63) is 224 Å². The first-order valence-electron chi connectivity index (χ1n) is 21.0. The highest BCUT2D eigenvalue weighted by Gasteiger charge is 2.20. The third-order valence-electron chi connectivity index (χ3n) is 12.5. The normalized spacial score (nSPS) is 11.7. The van der Waals surface area contributed by atoms with Gasteiger partial charge in [-0.3, -0.25) is 0 Å². The fraction of sp³-hybridized carbons (Fsp3) is 0.0169. The van der Waals surface area contributed by atoms with Crippen molar-refractivity contribution in [2.45, 2.75) is 6.92 Å². The zero-order valence-electron chi connectivity index (χ0n) is 33.6. The average Bonchev–Trinajstić information content (AvgIpc) is 3.73. The number of benzene rings is 11. The zero-order valence-corrected chi connectivity index (χ0v) is 34.5. The fourth-order valence-electron chi connectivity index (χ4n) is 9.45. The first kappa shape index (κ1) is 35.4. The van der Waals surface area contributed by atoms with Crippen molar-refractivity contribution in [2.24, 2.45) is 0 Å². The van der Waals surface area contributed by atoms with E-state index in [0.29, 0.717) is 0 Å². The van der Waals surface area contributed by atoms with E-state index in [4.69, 9.17) is 0 Å². The van der Waals surface area contributed by atoms with Crippen LogP contribution in [-0.2, 0) is 0 Å². The number of thiophene rings is 1. The summed E-state index contributed by atoms with van der Waals surface area (Å²) in [4.78, 5) is 2.45. The Morgan fingerprint density at radius 2 is 0.820 bits per heavy atom. The molecule has 0 N–H and O–H groups in total. The summed E-state index contributed by atoms with van der Waals surface area (Å²) in [5.74, 6) is 0. The lowest BCUT2D eigenvalue weighted by molar-refractivity contribution is 1.30. The van der Waals surface area contributed by atoms with Gasteiger partial charge in [0.15, 0.2) is 0 Å². The summed E-state index contributed by atoms with van der Waals surface area (Å²) < 4.78 is 2.64. The third-order valence-corrected chi connectivity index (χ3v) is 13.9. The molecule has 286 valence electrons. The summed E-state index contributed by atoms with van der Waals surface area (Å²) in [5.41, 5.74) is 12.1. The summed E-state index contributed by atoms with van der Waals surface area (Å²) >= 11 is 1.91. The second-order valence-corrected chi connectivity index (χ2v) is 17.2. The maximum atomic E-state index is 2.45. The Hall–Kier alpha value is -7.52. The number of anilines is 3. The largest absolute Gasteiger partial charge is 0.309 e. The molecule has 0 spiro atoms. The molecule has 2 heteroatoms. The molecule has 0 aliphatic heterocycles. The van der Waals surface area contributed by atoms with Crippen LogP contribution in [0.4, 0.5) is 17.1 Å². The number of fused-ring (bicyclic) bond motifs is 8. The Balaban J connectivity index is 0.955. The minimum atomic E-state index is 1.12. The van der Waals surface area contributed by atoms with Gasteiger partial charge in [0.2, 0.25) is 0 Å². The van der Waals surface area contributed by atoms with Gasteiger partial charge >= 0.3 is 0 Å². The molecule has 11 aromatic carbocycles. The van der Waals surface area contributed by atoms with Crippen LogP contribution < -0.4 is 4.90 Å². The van der Waals surface area contributed by atoms with E-state index >= 15 is 0 Å². The lowest BCUT2D eigenvalue weighted by atomic mass is 9.96. The van der Waals surface area contributed by atoms with E-state index in [0.717, 1.165) is 11.4 Å². The summed E-state index contributed by atoms with van der Waals surface area (Å²) in [6.45, 7) is 2.25. The SMILES string of the molecule is Cc1cc2ccccc2c2c1sc1c(N(c3ccc(-c4ccc5cc(-c6ccc7ccccc7c6)ccc5c4)cc3)c3ccc(-c4cccc5ccccc45)cc3)cccc12. The minimum Gasteiger partial charge on any atom is -0.309 e. The Bertz CT molecular complexity index is 3650. The molecule has 0 atom stereocenters. The van der Waals surface area contributed by atoms with Crippen LogP contribution >= 0.6 is 11.3 Å². The van der Waals surface area contributed by atoms with E-state index < -0.39 is 0 Å². The summed E-state index contributed by atoms with van der Waals surface area (Å²) in [5, 5.41) is 12.8. The van der Waals surface area contributed by atoms with Crippen LogP contribution in [0.2, 0.25) is 0 Å². The van der Waals surface area contributed by atoms with Gasteiger partial charge < -0.3 is 4.90 Å². The highest BCUT2D eigenvalue weighted by Crippen LogP contribution is 2.48. The van der Waals surface area contributed by atoms with Crippen LogP contribution in [0, 0.1) is 6.92 Å². The second kappa shape index (κ2) is 14.3. The number of hydrogen-bond donors (Lipinski definition) is 0. The van der Waals surface area contributed by atoms with E-state index in [1.54, 1.807) is 0 Å². The van der Waals surface area contributed by atoms with Crippen molar-refractivity contribution in [2.75, 3.05) is 4.90 Å². The molecule has 0 radical (unpaired) electrons. The van der Waals surface area contributed by atoms with Crippen LogP contribution in [-0.4, -0.2) is 0 Å². The smallest absolute Gasteiger partial charge is 0.0640 e. The van der Waals surface area contributed by atoms with Gasteiger partial charge in [-0.15, -0.1) is 11.3 Å². The maximum Gasteiger partial charge on any atom is 0.0640 e. The Morgan fingerprint density at radius 1 is 0.328 bits per heavy atom. The quantitative estimate of drug-likeness (QED) is 0.162. The summed E-state index contributed by atoms with van der Waals surface area (Å²) in [6.07, 6.45) is 0. The Labute approximate surface area is 359 Å². The van der Waals surface area contributed by atoms with Crippen molar-refractivity contribution in [1.29, 1.82) is 0 Å². The van der Waals surface area contributed by atoms with Gasteiger partial charge in [-0.25, -0.2) is 0 Å². The first-order chi connectivity index (χ1) is 30.1. The third kappa shape index (κ3) is 6.07. The molecule has 61 heavy (non-hydrogen) atoms. The molecule has 0 fully saturated rings. The number of rotatable bonds is 6. The summed E-state index contributed by atoms with van der Waals surface area (Å²) in [6, 6.07) is 80.4. The topological polar surface area (TPSA) is 3.24 Å². The molecule has 1 nitrogen and oxygen atoms in total. The molecule has 0 saturated carbocycles. The molecule has 0 aliphatic rings. The first-order valence-corrected chi connectivity index (χ1v) is 21.8. The molecule has 1 aromatic heterocycles. The molecule has 0 bridgehead atoms. The fourth-order valence-corrected chi connectivity index (χ4v) is 10.7.